The minimum Gasteiger partial charge on any atom is -0.493 e. The number of para-hydroxylation sites is 1. The number of guanidine groups is 1. The van der Waals surface area contributed by atoms with Crippen molar-refractivity contribution in [1.82, 2.24) is 15.6 Å². The van der Waals surface area contributed by atoms with E-state index in [1.807, 2.05) is 0 Å². The highest BCUT2D eigenvalue weighted by Crippen LogP contribution is 2.25. The predicted octanol–water partition coefficient (Wildman–Crippen LogP) is 3.44. The van der Waals surface area contributed by atoms with Gasteiger partial charge in [-0.1, -0.05) is 30.3 Å². The van der Waals surface area contributed by atoms with Crippen LogP contribution in [0.1, 0.15) is 23.6 Å². The zero-order chi connectivity index (χ0) is 19.2. The molecule has 0 unspecified atom stereocenters. The highest BCUT2D eigenvalue weighted by atomic mass is 16.5. The summed E-state index contributed by atoms with van der Waals surface area (Å²) >= 11 is 0. The molecule has 5 nitrogen and oxygen atoms in total. The quantitative estimate of drug-likeness (QED) is 0.437. The molecule has 0 amide bonds. The lowest BCUT2D eigenvalue weighted by Crippen LogP contribution is -2.38. The first-order chi connectivity index (χ1) is 13.8. The predicted molar refractivity (Wildman–Crippen MR) is 115 cm³/mol. The Morgan fingerprint density at radius 2 is 2.07 bits per heavy atom. The minimum absolute atomic E-state index is 0.757. The van der Waals surface area contributed by atoms with Crippen LogP contribution < -0.4 is 15.4 Å². The molecule has 3 N–H and O–H groups in total. The van der Waals surface area contributed by atoms with Gasteiger partial charge < -0.3 is 20.4 Å². The highest BCUT2D eigenvalue weighted by Gasteiger charge is 2.11. The third-order valence-electron chi connectivity index (χ3n) is 5.13. The van der Waals surface area contributed by atoms with E-state index in [1.54, 1.807) is 0 Å². The highest BCUT2D eigenvalue weighted by molar-refractivity contribution is 5.83. The molecule has 0 aliphatic carbocycles. The van der Waals surface area contributed by atoms with E-state index in [4.69, 9.17) is 9.73 Å². The molecule has 28 heavy (non-hydrogen) atoms. The van der Waals surface area contributed by atoms with Crippen molar-refractivity contribution >= 4 is 16.9 Å². The van der Waals surface area contributed by atoms with Crippen molar-refractivity contribution < 1.29 is 4.74 Å². The van der Waals surface area contributed by atoms with Crippen LogP contribution in [0.5, 0.6) is 5.75 Å². The van der Waals surface area contributed by atoms with Gasteiger partial charge in [-0.2, -0.15) is 0 Å². The summed E-state index contributed by atoms with van der Waals surface area (Å²) in [5.41, 5.74) is 5.17. The van der Waals surface area contributed by atoms with Crippen molar-refractivity contribution in [2.75, 3.05) is 26.2 Å². The first-order valence-electron chi connectivity index (χ1n) is 10.2. The van der Waals surface area contributed by atoms with Crippen molar-refractivity contribution in [2.45, 2.75) is 26.2 Å². The van der Waals surface area contributed by atoms with Crippen LogP contribution >= 0.6 is 0 Å². The maximum absolute atomic E-state index is 5.58. The van der Waals surface area contributed by atoms with Crippen molar-refractivity contribution in [1.29, 1.82) is 0 Å². The molecule has 1 aliphatic rings. The van der Waals surface area contributed by atoms with Crippen molar-refractivity contribution in [3.05, 3.63) is 65.4 Å². The van der Waals surface area contributed by atoms with Crippen LogP contribution in [0.4, 0.5) is 0 Å². The number of rotatable bonds is 7. The van der Waals surface area contributed by atoms with Crippen LogP contribution in [-0.2, 0) is 19.3 Å². The monoisotopic (exact) mass is 376 g/mol. The number of fused-ring (bicyclic) bond motifs is 2. The molecule has 5 heteroatoms. The smallest absolute Gasteiger partial charge is 0.191 e. The average molecular weight is 377 g/mol. The van der Waals surface area contributed by atoms with E-state index in [0.717, 1.165) is 57.2 Å². The van der Waals surface area contributed by atoms with Crippen molar-refractivity contribution in [3.8, 4) is 5.75 Å². The van der Waals surface area contributed by atoms with Crippen LogP contribution in [0, 0.1) is 0 Å². The molecule has 1 aromatic heterocycles. The molecule has 2 aromatic carbocycles. The molecule has 0 radical (unpaired) electrons. The van der Waals surface area contributed by atoms with Gasteiger partial charge in [0.05, 0.1) is 6.61 Å². The molecule has 0 saturated carbocycles. The van der Waals surface area contributed by atoms with Crippen molar-refractivity contribution in [2.24, 2.45) is 4.99 Å². The Morgan fingerprint density at radius 3 is 3.00 bits per heavy atom. The zero-order valence-electron chi connectivity index (χ0n) is 16.4. The molecular weight excluding hydrogens is 348 g/mol. The van der Waals surface area contributed by atoms with Crippen LogP contribution in [-0.4, -0.2) is 37.2 Å². The second-order valence-electron chi connectivity index (χ2n) is 7.09. The summed E-state index contributed by atoms with van der Waals surface area (Å²) in [5, 5.41) is 8.08. The van der Waals surface area contributed by atoms with Gasteiger partial charge in [0.1, 0.15) is 5.75 Å². The average Bonchev–Trinajstić information content (AvgIpc) is 3.35. The Bertz CT molecular complexity index is 960. The number of nitrogens with zero attached hydrogens (tertiary/aromatic N) is 1. The lowest BCUT2D eigenvalue weighted by atomic mass is 10.1. The number of benzene rings is 2. The molecule has 1 aliphatic heterocycles. The molecule has 0 fully saturated rings. The summed E-state index contributed by atoms with van der Waals surface area (Å²) in [4.78, 5) is 8.08. The van der Waals surface area contributed by atoms with Gasteiger partial charge in [-0.3, -0.25) is 4.99 Å². The summed E-state index contributed by atoms with van der Waals surface area (Å²) < 4.78 is 5.58. The second kappa shape index (κ2) is 8.83. The third-order valence-corrected chi connectivity index (χ3v) is 5.13. The van der Waals surface area contributed by atoms with Gasteiger partial charge in [0.25, 0.3) is 0 Å². The van der Waals surface area contributed by atoms with E-state index in [0.29, 0.717) is 0 Å². The fourth-order valence-corrected chi connectivity index (χ4v) is 3.69. The van der Waals surface area contributed by atoms with Gasteiger partial charge in [0, 0.05) is 43.2 Å². The maximum atomic E-state index is 5.58. The molecule has 0 atom stereocenters. The van der Waals surface area contributed by atoms with E-state index >= 15 is 0 Å². The molecular formula is C23H28N4O. The van der Waals surface area contributed by atoms with Gasteiger partial charge in [0.2, 0.25) is 0 Å². The number of hydrogen-bond donors (Lipinski definition) is 3. The van der Waals surface area contributed by atoms with Gasteiger partial charge in [-0.25, -0.2) is 0 Å². The van der Waals surface area contributed by atoms with Crippen molar-refractivity contribution in [3.63, 3.8) is 0 Å². The Morgan fingerprint density at radius 1 is 1.14 bits per heavy atom. The fraction of sp³-hybridized carbons (Fsp3) is 0.348. The fourth-order valence-electron chi connectivity index (χ4n) is 3.69. The molecule has 3 aromatic rings. The Hall–Kier alpha value is -2.95. The number of H-pyrrole nitrogens is 1. The lowest BCUT2D eigenvalue weighted by Gasteiger charge is -2.11. The number of aromatic amines is 1. The molecule has 0 bridgehead atoms. The Labute approximate surface area is 166 Å². The van der Waals surface area contributed by atoms with E-state index in [9.17, 15) is 0 Å². The van der Waals surface area contributed by atoms with E-state index < -0.39 is 0 Å². The maximum Gasteiger partial charge on any atom is 0.191 e. The first-order valence-corrected chi connectivity index (χ1v) is 10.2. The van der Waals surface area contributed by atoms with Crippen LogP contribution in [0.15, 0.2) is 53.7 Å². The van der Waals surface area contributed by atoms with Gasteiger partial charge >= 0.3 is 0 Å². The number of nitrogens with one attached hydrogen (secondary N) is 3. The summed E-state index contributed by atoms with van der Waals surface area (Å²) in [6.45, 7) is 5.38. The first kappa shape index (κ1) is 18.4. The summed E-state index contributed by atoms with van der Waals surface area (Å²) in [5.74, 6) is 1.93. The largest absolute Gasteiger partial charge is 0.493 e. The number of aliphatic imine (C=N–C) groups is 1. The molecule has 2 heterocycles. The molecule has 146 valence electrons. The van der Waals surface area contributed by atoms with E-state index in [-0.39, 0.29) is 0 Å². The zero-order valence-corrected chi connectivity index (χ0v) is 16.4. The van der Waals surface area contributed by atoms with Gasteiger partial charge in [0.15, 0.2) is 5.96 Å². The van der Waals surface area contributed by atoms with Gasteiger partial charge in [-0.05, 0) is 48.6 Å². The molecule has 0 spiro atoms. The van der Waals surface area contributed by atoms with Crippen LogP contribution in [0.3, 0.4) is 0 Å². The Balaban J connectivity index is 1.30. The van der Waals surface area contributed by atoms with Gasteiger partial charge in [-0.15, -0.1) is 0 Å². The summed E-state index contributed by atoms with van der Waals surface area (Å²) in [6.07, 6.45) is 5.01. The summed E-state index contributed by atoms with van der Waals surface area (Å²) in [7, 11) is 0. The van der Waals surface area contributed by atoms with Crippen LogP contribution in [0.2, 0.25) is 0 Å². The third kappa shape index (κ3) is 4.30. The number of hydrogen-bond acceptors (Lipinski definition) is 2. The SMILES string of the molecule is CCNC(=NCCc1c[nH]c2ccccc12)NCCc1ccc2c(c1)CCO2. The summed E-state index contributed by atoms with van der Waals surface area (Å²) in [6, 6.07) is 14.9. The lowest BCUT2D eigenvalue weighted by molar-refractivity contribution is 0.357. The molecule has 0 saturated heterocycles. The second-order valence-corrected chi connectivity index (χ2v) is 7.09. The van der Waals surface area contributed by atoms with Crippen LogP contribution in [0.25, 0.3) is 10.9 Å². The standard InChI is InChI=1S/C23H28N4O/c1-2-24-23(25-12-9-17-7-8-22-18(15-17)11-14-28-22)26-13-10-19-16-27-21-6-4-3-5-20(19)21/h3-8,15-16,27H,2,9-14H2,1H3,(H2,24,25,26). The molecule has 4 rings (SSSR count). The Kier molecular flexibility index (Phi) is 5.80. The minimum atomic E-state index is 0.757. The van der Waals surface area contributed by atoms with E-state index in [2.05, 4.69) is 71.2 Å². The number of aromatic nitrogens is 1. The normalized spacial score (nSPS) is 13.4. The topological polar surface area (TPSA) is 61.4 Å². The van der Waals surface area contributed by atoms with E-state index in [1.165, 1.54) is 27.6 Å². The number of ether oxygens (including phenoxy) is 1.